The molecule has 2 fully saturated rings. The van der Waals surface area contributed by atoms with Crippen LogP contribution in [0.25, 0.3) is 0 Å². The third-order valence-electron chi connectivity index (χ3n) is 4.45. The van der Waals surface area contributed by atoms with Crippen molar-refractivity contribution in [3.8, 4) is 0 Å². The standard InChI is InChI=1S/C15H22N2/c1-15(7-8-15)12-4-2-11(3-5-12)14-10-13(16)6-9-17-14/h2-5,13-14,17H,6-10,16H2,1H3. The van der Waals surface area contributed by atoms with Crippen LogP contribution in [0.3, 0.4) is 0 Å². The largest absolute Gasteiger partial charge is 0.328 e. The molecule has 0 bridgehead atoms. The Bertz CT molecular complexity index is 392. The van der Waals surface area contributed by atoms with Gasteiger partial charge >= 0.3 is 0 Å². The van der Waals surface area contributed by atoms with Gasteiger partial charge in [0, 0.05) is 12.1 Å². The van der Waals surface area contributed by atoms with Gasteiger partial charge in [-0.05, 0) is 48.8 Å². The Balaban J connectivity index is 1.75. The van der Waals surface area contributed by atoms with Crippen LogP contribution in [0.1, 0.15) is 49.8 Å². The van der Waals surface area contributed by atoms with Crippen molar-refractivity contribution >= 4 is 0 Å². The molecule has 2 atom stereocenters. The molecular weight excluding hydrogens is 208 g/mol. The van der Waals surface area contributed by atoms with Crippen molar-refractivity contribution in [2.75, 3.05) is 6.54 Å². The molecule has 0 spiro atoms. The van der Waals surface area contributed by atoms with E-state index in [0.29, 0.717) is 17.5 Å². The van der Waals surface area contributed by atoms with Crippen LogP contribution in [0.2, 0.25) is 0 Å². The lowest BCUT2D eigenvalue weighted by Crippen LogP contribution is -2.38. The molecule has 2 aliphatic rings. The van der Waals surface area contributed by atoms with Crippen molar-refractivity contribution in [3.63, 3.8) is 0 Å². The second-order valence-electron chi connectivity index (χ2n) is 5.97. The zero-order valence-electron chi connectivity index (χ0n) is 10.6. The highest BCUT2D eigenvalue weighted by atomic mass is 14.9. The fourth-order valence-electron chi connectivity index (χ4n) is 2.79. The van der Waals surface area contributed by atoms with Gasteiger partial charge in [0.25, 0.3) is 0 Å². The summed E-state index contributed by atoms with van der Waals surface area (Å²) < 4.78 is 0. The van der Waals surface area contributed by atoms with E-state index >= 15 is 0 Å². The van der Waals surface area contributed by atoms with E-state index < -0.39 is 0 Å². The molecule has 1 aliphatic carbocycles. The van der Waals surface area contributed by atoms with Gasteiger partial charge in [0.2, 0.25) is 0 Å². The Morgan fingerprint density at radius 1 is 1.24 bits per heavy atom. The number of hydrogen-bond acceptors (Lipinski definition) is 2. The molecular formula is C15H22N2. The molecule has 1 aromatic rings. The first-order valence-electron chi connectivity index (χ1n) is 6.77. The molecule has 3 N–H and O–H groups in total. The average Bonchev–Trinajstić information content (AvgIpc) is 3.09. The SMILES string of the molecule is CC1(c2ccc(C3CC(N)CCN3)cc2)CC1. The van der Waals surface area contributed by atoms with Gasteiger partial charge < -0.3 is 11.1 Å². The quantitative estimate of drug-likeness (QED) is 0.819. The number of nitrogens with one attached hydrogen (secondary N) is 1. The fraction of sp³-hybridized carbons (Fsp3) is 0.600. The molecule has 2 nitrogen and oxygen atoms in total. The van der Waals surface area contributed by atoms with Crippen molar-refractivity contribution in [2.24, 2.45) is 5.73 Å². The van der Waals surface area contributed by atoms with Crippen molar-refractivity contribution in [2.45, 2.75) is 50.1 Å². The summed E-state index contributed by atoms with van der Waals surface area (Å²) in [6.07, 6.45) is 4.86. The summed E-state index contributed by atoms with van der Waals surface area (Å²) in [5, 5.41) is 3.56. The molecule has 1 saturated heterocycles. The van der Waals surface area contributed by atoms with Crippen LogP contribution in [0, 0.1) is 0 Å². The number of rotatable bonds is 2. The molecule has 1 aliphatic heterocycles. The third-order valence-corrected chi connectivity index (χ3v) is 4.45. The molecule has 0 radical (unpaired) electrons. The van der Waals surface area contributed by atoms with Crippen molar-refractivity contribution < 1.29 is 0 Å². The Morgan fingerprint density at radius 3 is 2.53 bits per heavy atom. The lowest BCUT2D eigenvalue weighted by Gasteiger charge is -2.28. The maximum Gasteiger partial charge on any atom is 0.0334 e. The molecule has 2 heteroatoms. The van der Waals surface area contributed by atoms with Gasteiger partial charge in [0.05, 0.1) is 0 Å². The van der Waals surface area contributed by atoms with Crippen LogP contribution < -0.4 is 11.1 Å². The normalized spacial score (nSPS) is 31.2. The Hall–Kier alpha value is -0.860. The first-order chi connectivity index (χ1) is 8.17. The zero-order chi connectivity index (χ0) is 11.9. The summed E-state index contributed by atoms with van der Waals surface area (Å²) in [6, 6.07) is 10.0. The van der Waals surface area contributed by atoms with E-state index in [1.54, 1.807) is 0 Å². The van der Waals surface area contributed by atoms with E-state index in [1.165, 1.54) is 24.0 Å². The zero-order valence-corrected chi connectivity index (χ0v) is 10.6. The molecule has 1 aromatic carbocycles. The number of nitrogens with two attached hydrogens (primary N) is 1. The maximum atomic E-state index is 6.03. The Kier molecular flexibility index (Phi) is 2.72. The minimum absolute atomic E-state index is 0.363. The van der Waals surface area contributed by atoms with Crippen molar-refractivity contribution in [1.82, 2.24) is 5.32 Å². The van der Waals surface area contributed by atoms with E-state index in [2.05, 4.69) is 36.5 Å². The first-order valence-corrected chi connectivity index (χ1v) is 6.77. The highest BCUT2D eigenvalue weighted by molar-refractivity contribution is 5.33. The summed E-state index contributed by atoms with van der Waals surface area (Å²) in [5.74, 6) is 0. The number of hydrogen-bond donors (Lipinski definition) is 2. The molecule has 2 unspecified atom stereocenters. The fourth-order valence-corrected chi connectivity index (χ4v) is 2.79. The van der Waals surface area contributed by atoms with Crippen LogP contribution in [-0.2, 0) is 5.41 Å². The second kappa shape index (κ2) is 4.11. The van der Waals surface area contributed by atoms with Crippen LogP contribution >= 0.6 is 0 Å². The summed E-state index contributed by atoms with van der Waals surface area (Å²) in [7, 11) is 0. The molecule has 3 rings (SSSR count). The molecule has 1 saturated carbocycles. The Morgan fingerprint density at radius 2 is 1.94 bits per heavy atom. The predicted molar refractivity (Wildman–Crippen MR) is 71.0 cm³/mol. The Labute approximate surface area is 104 Å². The van der Waals surface area contributed by atoms with Gasteiger partial charge in [-0.15, -0.1) is 0 Å². The molecule has 1 heterocycles. The van der Waals surface area contributed by atoms with E-state index in [9.17, 15) is 0 Å². The maximum absolute atomic E-state index is 6.03. The number of piperidine rings is 1. The third kappa shape index (κ3) is 2.24. The van der Waals surface area contributed by atoms with Crippen molar-refractivity contribution in [3.05, 3.63) is 35.4 Å². The molecule has 0 aromatic heterocycles. The lowest BCUT2D eigenvalue weighted by atomic mass is 9.91. The molecule has 92 valence electrons. The topological polar surface area (TPSA) is 38.0 Å². The van der Waals surface area contributed by atoms with E-state index in [1.807, 2.05) is 0 Å². The van der Waals surface area contributed by atoms with Gasteiger partial charge in [-0.1, -0.05) is 31.2 Å². The summed E-state index contributed by atoms with van der Waals surface area (Å²) >= 11 is 0. The monoisotopic (exact) mass is 230 g/mol. The van der Waals surface area contributed by atoms with Gasteiger partial charge in [0.1, 0.15) is 0 Å². The minimum Gasteiger partial charge on any atom is -0.328 e. The van der Waals surface area contributed by atoms with Crippen LogP contribution in [0.4, 0.5) is 0 Å². The van der Waals surface area contributed by atoms with E-state index in [0.717, 1.165) is 19.4 Å². The summed E-state index contributed by atoms with van der Waals surface area (Å²) in [4.78, 5) is 0. The second-order valence-corrected chi connectivity index (χ2v) is 5.97. The van der Waals surface area contributed by atoms with Crippen LogP contribution in [0.5, 0.6) is 0 Å². The van der Waals surface area contributed by atoms with E-state index in [4.69, 9.17) is 5.73 Å². The summed E-state index contributed by atoms with van der Waals surface area (Å²) in [6.45, 7) is 3.40. The van der Waals surface area contributed by atoms with Gasteiger partial charge in [-0.3, -0.25) is 0 Å². The van der Waals surface area contributed by atoms with Crippen molar-refractivity contribution in [1.29, 1.82) is 0 Å². The minimum atomic E-state index is 0.363. The smallest absolute Gasteiger partial charge is 0.0334 e. The van der Waals surface area contributed by atoms with Gasteiger partial charge in [0.15, 0.2) is 0 Å². The average molecular weight is 230 g/mol. The highest BCUT2D eigenvalue weighted by Gasteiger charge is 2.38. The van der Waals surface area contributed by atoms with Gasteiger partial charge in [-0.25, -0.2) is 0 Å². The first kappa shape index (κ1) is 11.2. The molecule has 0 amide bonds. The van der Waals surface area contributed by atoms with E-state index in [-0.39, 0.29) is 0 Å². The van der Waals surface area contributed by atoms with Gasteiger partial charge in [-0.2, -0.15) is 0 Å². The van der Waals surface area contributed by atoms with Crippen LogP contribution in [0.15, 0.2) is 24.3 Å². The lowest BCUT2D eigenvalue weighted by molar-refractivity contribution is 0.369. The molecule has 17 heavy (non-hydrogen) atoms. The summed E-state index contributed by atoms with van der Waals surface area (Å²) in [5.41, 5.74) is 9.41. The predicted octanol–water partition coefficient (Wildman–Crippen LogP) is 2.49. The van der Waals surface area contributed by atoms with Crippen LogP contribution in [-0.4, -0.2) is 12.6 Å². The highest BCUT2D eigenvalue weighted by Crippen LogP contribution is 2.47. The number of benzene rings is 1.